The van der Waals surface area contributed by atoms with Crippen LogP contribution in [0.3, 0.4) is 0 Å². The third-order valence-corrected chi connectivity index (χ3v) is 3.33. The summed E-state index contributed by atoms with van der Waals surface area (Å²) in [6, 6.07) is 5.98. The van der Waals surface area contributed by atoms with Crippen molar-refractivity contribution in [1.82, 2.24) is 9.88 Å². The number of pyridine rings is 1. The van der Waals surface area contributed by atoms with Gasteiger partial charge >= 0.3 is 0 Å². The summed E-state index contributed by atoms with van der Waals surface area (Å²) in [5.74, 6) is 0. The van der Waals surface area contributed by atoms with Crippen molar-refractivity contribution in [3.63, 3.8) is 0 Å². The quantitative estimate of drug-likeness (QED) is 0.812. The molecule has 1 N–H and O–H groups in total. The van der Waals surface area contributed by atoms with E-state index in [1.807, 2.05) is 24.4 Å². The second kappa shape index (κ2) is 4.29. The van der Waals surface area contributed by atoms with E-state index in [2.05, 4.69) is 16.8 Å². The standard InChI is InChI=1S/C12H18N2O/c1-12(10-15)6-4-8-14(12)9-11-5-2-3-7-13-11/h2-3,5,7,15H,4,6,8-10H2,1H3. The number of likely N-dealkylation sites (tertiary alicyclic amines) is 1. The number of rotatable bonds is 3. The molecule has 0 saturated carbocycles. The van der Waals surface area contributed by atoms with E-state index >= 15 is 0 Å². The number of hydrogen-bond donors (Lipinski definition) is 1. The predicted molar refractivity (Wildman–Crippen MR) is 59.4 cm³/mol. The Balaban J connectivity index is 2.06. The monoisotopic (exact) mass is 206 g/mol. The van der Waals surface area contributed by atoms with Gasteiger partial charge in [-0.3, -0.25) is 9.88 Å². The molecule has 1 unspecified atom stereocenters. The minimum Gasteiger partial charge on any atom is -0.394 e. The molecule has 1 atom stereocenters. The normalized spacial score (nSPS) is 27.1. The van der Waals surface area contributed by atoms with E-state index in [0.717, 1.165) is 25.2 Å². The first-order valence-electron chi connectivity index (χ1n) is 5.50. The Morgan fingerprint density at radius 1 is 1.53 bits per heavy atom. The molecule has 1 saturated heterocycles. The van der Waals surface area contributed by atoms with Gasteiger partial charge in [0.05, 0.1) is 12.3 Å². The summed E-state index contributed by atoms with van der Waals surface area (Å²) in [4.78, 5) is 6.65. The third-order valence-electron chi connectivity index (χ3n) is 3.33. The molecule has 0 radical (unpaired) electrons. The van der Waals surface area contributed by atoms with Gasteiger partial charge in [0.25, 0.3) is 0 Å². The molecule has 0 aromatic carbocycles. The van der Waals surface area contributed by atoms with Crippen LogP contribution in [0.2, 0.25) is 0 Å². The van der Waals surface area contributed by atoms with Crippen LogP contribution in [0.4, 0.5) is 0 Å². The molecular formula is C12H18N2O. The summed E-state index contributed by atoms with van der Waals surface area (Å²) in [7, 11) is 0. The lowest BCUT2D eigenvalue weighted by Crippen LogP contribution is -2.43. The number of nitrogens with zero attached hydrogens (tertiary/aromatic N) is 2. The van der Waals surface area contributed by atoms with Crippen LogP contribution in [0.5, 0.6) is 0 Å². The van der Waals surface area contributed by atoms with Gasteiger partial charge in [0.15, 0.2) is 0 Å². The fourth-order valence-electron chi connectivity index (χ4n) is 2.21. The van der Waals surface area contributed by atoms with E-state index in [4.69, 9.17) is 0 Å². The van der Waals surface area contributed by atoms with Crippen molar-refractivity contribution >= 4 is 0 Å². The van der Waals surface area contributed by atoms with E-state index in [0.29, 0.717) is 0 Å². The average molecular weight is 206 g/mol. The van der Waals surface area contributed by atoms with E-state index in [1.54, 1.807) is 0 Å². The molecule has 15 heavy (non-hydrogen) atoms. The molecule has 0 spiro atoms. The Morgan fingerprint density at radius 3 is 3.07 bits per heavy atom. The zero-order valence-corrected chi connectivity index (χ0v) is 9.19. The van der Waals surface area contributed by atoms with E-state index in [1.165, 1.54) is 6.42 Å². The van der Waals surface area contributed by atoms with Crippen LogP contribution in [0.25, 0.3) is 0 Å². The molecule has 3 nitrogen and oxygen atoms in total. The van der Waals surface area contributed by atoms with Crippen molar-refractivity contribution in [2.24, 2.45) is 0 Å². The van der Waals surface area contributed by atoms with Crippen LogP contribution in [-0.4, -0.2) is 33.7 Å². The van der Waals surface area contributed by atoms with E-state index < -0.39 is 0 Å². The largest absolute Gasteiger partial charge is 0.394 e. The van der Waals surface area contributed by atoms with Crippen LogP contribution in [0.15, 0.2) is 24.4 Å². The Morgan fingerprint density at radius 2 is 2.40 bits per heavy atom. The van der Waals surface area contributed by atoms with Crippen LogP contribution in [-0.2, 0) is 6.54 Å². The van der Waals surface area contributed by atoms with Crippen LogP contribution in [0, 0.1) is 0 Å². The summed E-state index contributed by atoms with van der Waals surface area (Å²) in [6.45, 7) is 4.27. The first kappa shape index (κ1) is 10.6. The molecule has 3 heteroatoms. The number of aromatic nitrogens is 1. The lowest BCUT2D eigenvalue weighted by molar-refractivity contribution is 0.0724. The molecule has 0 bridgehead atoms. The minimum atomic E-state index is -0.0441. The van der Waals surface area contributed by atoms with Crippen LogP contribution in [0.1, 0.15) is 25.5 Å². The highest BCUT2D eigenvalue weighted by Crippen LogP contribution is 2.29. The lowest BCUT2D eigenvalue weighted by atomic mass is 10.0. The molecular weight excluding hydrogens is 188 g/mol. The van der Waals surface area contributed by atoms with Gasteiger partial charge in [0, 0.05) is 18.3 Å². The van der Waals surface area contributed by atoms with Gasteiger partial charge in [0.1, 0.15) is 0 Å². The minimum absolute atomic E-state index is 0.0441. The van der Waals surface area contributed by atoms with Crippen molar-refractivity contribution in [2.45, 2.75) is 31.8 Å². The fourth-order valence-corrected chi connectivity index (χ4v) is 2.21. The van der Waals surface area contributed by atoms with E-state index in [9.17, 15) is 5.11 Å². The fraction of sp³-hybridized carbons (Fsp3) is 0.583. The van der Waals surface area contributed by atoms with Gasteiger partial charge < -0.3 is 5.11 Å². The van der Waals surface area contributed by atoms with Crippen molar-refractivity contribution in [3.05, 3.63) is 30.1 Å². The topological polar surface area (TPSA) is 36.4 Å². The zero-order valence-electron chi connectivity index (χ0n) is 9.19. The molecule has 1 fully saturated rings. The van der Waals surface area contributed by atoms with Crippen LogP contribution >= 0.6 is 0 Å². The summed E-state index contributed by atoms with van der Waals surface area (Å²) in [6.07, 6.45) is 4.07. The maximum atomic E-state index is 9.41. The summed E-state index contributed by atoms with van der Waals surface area (Å²) in [5.41, 5.74) is 1.04. The second-order valence-electron chi connectivity index (χ2n) is 4.50. The molecule has 1 aliphatic heterocycles. The average Bonchev–Trinajstić information content (AvgIpc) is 2.63. The van der Waals surface area contributed by atoms with Gasteiger partial charge in [-0.15, -0.1) is 0 Å². The molecule has 82 valence electrons. The highest BCUT2D eigenvalue weighted by molar-refractivity contribution is 5.05. The van der Waals surface area contributed by atoms with Gasteiger partial charge in [0.2, 0.25) is 0 Å². The smallest absolute Gasteiger partial charge is 0.0612 e. The Bertz CT molecular complexity index is 315. The van der Waals surface area contributed by atoms with Crippen molar-refractivity contribution in [3.8, 4) is 0 Å². The first-order chi connectivity index (χ1) is 7.24. The predicted octanol–water partition coefficient (Wildman–Crippen LogP) is 1.43. The third kappa shape index (κ3) is 2.19. The van der Waals surface area contributed by atoms with Crippen LogP contribution < -0.4 is 0 Å². The molecule has 2 heterocycles. The summed E-state index contributed by atoms with van der Waals surface area (Å²) in [5, 5.41) is 9.41. The summed E-state index contributed by atoms with van der Waals surface area (Å²) >= 11 is 0. The molecule has 2 rings (SSSR count). The number of aliphatic hydroxyl groups excluding tert-OH is 1. The van der Waals surface area contributed by atoms with Crippen molar-refractivity contribution in [1.29, 1.82) is 0 Å². The van der Waals surface area contributed by atoms with Gasteiger partial charge in [-0.2, -0.15) is 0 Å². The van der Waals surface area contributed by atoms with Crippen molar-refractivity contribution < 1.29 is 5.11 Å². The Labute approximate surface area is 90.8 Å². The SMILES string of the molecule is CC1(CO)CCCN1Cc1ccccn1. The Hall–Kier alpha value is -0.930. The van der Waals surface area contributed by atoms with Gasteiger partial charge in [-0.05, 0) is 38.4 Å². The number of aliphatic hydroxyl groups is 1. The highest BCUT2D eigenvalue weighted by atomic mass is 16.3. The molecule has 1 aromatic rings. The molecule has 0 aliphatic carbocycles. The van der Waals surface area contributed by atoms with Gasteiger partial charge in [-0.1, -0.05) is 6.07 Å². The number of hydrogen-bond acceptors (Lipinski definition) is 3. The molecule has 1 aliphatic rings. The Kier molecular flexibility index (Phi) is 3.03. The van der Waals surface area contributed by atoms with Gasteiger partial charge in [-0.25, -0.2) is 0 Å². The highest BCUT2D eigenvalue weighted by Gasteiger charge is 2.35. The lowest BCUT2D eigenvalue weighted by Gasteiger charge is -2.33. The second-order valence-corrected chi connectivity index (χ2v) is 4.50. The maximum Gasteiger partial charge on any atom is 0.0612 e. The first-order valence-corrected chi connectivity index (χ1v) is 5.50. The van der Waals surface area contributed by atoms with Crippen molar-refractivity contribution in [2.75, 3.05) is 13.2 Å². The summed E-state index contributed by atoms with van der Waals surface area (Å²) < 4.78 is 0. The molecule has 1 aromatic heterocycles. The molecule has 0 amide bonds. The van der Waals surface area contributed by atoms with E-state index in [-0.39, 0.29) is 12.1 Å². The maximum absolute atomic E-state index is 9.41. The zero-order chi connectivity index (χ0) is 10.7.